The highest BCUT2D eigenvalue weighted by Crippen LogP contribution is 2.35. The Labute approximate surface area is 198 Å². The van der Waals surface area contributed by atoms with Gasteiger partial charge in [-0.15, -0.1) is 6.58 Å². The molecule has 1 saturated heterocycles. The van der Waals surface area contributed by atoms with Crippen LogP contribution in [0, 0.1) is 23.4 Å². The van der Waals surface area contributed by atoms with Gasteiger partial charge in [0.2, 0.25) is 5.82 Å². The van der Waals surface area contributed by atoms with Crippen LogP contribution < -0.4 is 4.74 Å². The first kappa shape index (κ1) is 23.8. The maximum Gasteiger partial charge on any atom is 0.201 e. The molecule has 0 amide bonds. The van der Waals surface area contributed by atoms with Gasteiger partial charge in [0.1, 0.15) is 12.4 Å². The largest absolute Gasteiger partial charge is 0.486 e. The van der Waals surface area contributed by atoms with Gasteiger partial charge in [-0.25, -0.2) is 8.78 Å². The molecule has 1 aliphatic heterocycles. The maximum absolute atomic E-state index is 14.9. The second kappa shape index (κ2) is 10.7. The third-order valence-electron chi connectivity index (χ3n) is 6.13. The summed E-state index contributed by atoms with van der Waals surface area (Å²) < 4.78 is 55.1. The van der Waals surface area contributed by atoms with Crippen LogP contribution in [0.4, 0.5) is 13.2 Å². The standard InChI is InChI=1S/C29H27F3O2/c1-3-5-16-33-27-15-13-24(28(31)29(27)32)21-9-7-20(8-10-21)23-12-11-22(17-25(23)30)26-14-6-19(4-2)18-34-26/h3-5,7-13,15,17,19,26H,2,6,14,16,18H2,1H3/b5-3+. The van der Waals surface area contributed by atoms with Gasteiger partial charge < -0.3 is 9.47 Å². The molecule has 5 heteroatoms. The van der Waals surface area contributed by atoms with Crippen LogP contribution in [0.1, 0.15) is 31.4 Å². The number of hydrogen-bond donors (Lipinski definition) is 0. The Hall–Kier alpha value is -3.31. The topological polar surface area (TPSA) is 18.5 Å². The van der Waals surface area contributed by atoms with Crippen LogP contribution in [-0.2, 0) is 4.74 Å². The highest BCUT2D eigenvalue weighted by molar-refractivity contribution is 5.71. The van der Waals surface area contributed by atoms with Crippen molar-refractivity contribution in [3.63, 3.8) is 0 Å². The van der Waals surface area contributed by atoms with Gasteiger partial charge in [-0.2, -0.15) is 4.39 Å². The number of halogens is 3. The third kappa shape index (κ3) is 5.10. The zero-order valence-electron chi connectivity index (χ0n) is 19.1. The van der Waals surface area contributed by atoms with Crippen molar-refractivity contribution in [2.45, 2.75) is 25.9 Å². The monoisotopic (exact) mass is 464 g/mol. The number of benzene rings is 3. The van der Waals surface area contributed by atoms with Crippen LogP contribution in [0.3, 0.4) is 0 Å². The molecule has 0 radical (unpaired) electrons. The fourth-order valence-corrected chi connectivity index (χ4v) is 4.12. The smallest absolute Gasteiger partial charge is 0.201 e. The molecular weight excluding hydrogens is 437 g/mol. The Bertz CT molecular complexity index is 1180. The second-order valence-corrected chi connectivity index (χ2v) is 8.33. The average molecular weight is 465 g/mol. The third-order valence-corrected chi connectivity index (χ3v) is 6.13. The van der Waals surface area contributed by atoms with Crippen molar-refractivity contribution in [3.8, 4) is 28.0 Å². The number of hydrogen-bond acceptors (Lipinski definition) is 2. The van der Waals surface area contributed by atoms with Gasteiger partial charge in [-0.1, -0.05) is 54.6 Å². The molecule has 1 heterocycles. The van der Waals surface area contributed by atoms with Gasteiger partial charge >= 0.3 is 0 Å². The number of rotatable bonds is 7. The first-order chi connectivity index (χ1) is 16.5. The molecule has 2 atom stereocenters. The molecule has 0 saturated carbocycles. The summed E-state index contributed by atoms with van der Waals surface area (Å²) >= 11 is 0. The summed E-state index contributed by atoms with van der Waals surface area (Å²) in [5.74, 6) is -2.15. The average Bonchev–Trinajstić information content (AvgIpc) is 2.87. The van der Waals surface area contributed by atoms with Crippen LogP contribution in [0.15, 0.2) is 79.4 Å². The van der Waals surface area contributed by atoms with E-state index in [0.29, 0.717) is 29.2 Å². The SMILES string of the molecule is C=CC1CCC(c2ccc(-c3ccc(-c4ccc(OC/C=C/C)c(F)c4F)cc3)c(F)c2)OC1. The van der Waals surface area contributed by atoms with Gasteiger partial charge in [-0.05, 0) is 54.7 Å². The Morgan fingerprint density at radius 2 is 1.65 bits per heavy atom. The highest BCUT2D eigenvalue weighted by atomic mass is 19.2. The van der Waals surface area contributed by atoms with E-state index in [-0.39, 0.29) is 29.8 Å². The Kier molecular flexibility index (Phi) is 7.53. The summed E-state index contributed by atoms with van der Waals surface area (Å²) in [7, 11) is 0. The van der Waals surface area contributed by atoms with E-state index in [0.717, 1.165) is 18.4 Å². The second-order valence-electron chi connectivity index (χ2n) is 8.33. The van der Waals surface area contributed by atoms with E-state index in [1.165, 1.54) is 18.2 Å². The highest BCUT2D eigenvalue weighted by Gasteiger charge is 2.22. The van der Waals surface area contributed by atoms with Crippen molar-refractivity contribution >= 4 is 0 Å². The number of ether oxygens (including phenoxy) is 2. The van der Waals surface area contributed by atoms with E-state index in [1.54, 1.807) is 42.5 Å². The molecular formula is C29H27F3O2. The molecule has 0 bridgehead atoms. The lowest BCUT2D eigenvalue weighted by Crippen LogP contribution is -2.19. The van der Waals surface area contributed by atoms with Gasteiger partial charge in [0.25, 0.3) is 0 Å². The first-order valence-electron chi connectivity index (χ1n) is 11.4. The van der Waals surface area contributed by atoms with Crippen LogP contribution in [-0.4, -0.2) is 13.2 Å². The fraction of sp³-hybridized carbons (Fsp3) is 0.241. The molecule has 1 fully saturated rings. The summed E-state index contributed by atoms with van der Waals surface area (Å²) in [6.45, 7) is 6.38. The van der Waals surface area contributed by atoms with E-state index in [2.05, 4.69) is 6.58 Å². The van der Waals surface area contributed by atoms with E-state index >= 15 is 0 Å². The minimum atomic E-state index is -1.03. The summed E-state index contributed by atoms with van der Waals surface area (Å²) in [5, 5.41) is 0. The van der Waals surface area contributed by atoms with Gasteiger partial charge in [0.15, 0.2) is 11.6 Å². The van der Waals surface area contributed by atoms with E-state index in [4.69, 9.17) is 9.47 Å². The first-order valence-corrected chi connectivity index (χ1v) is 11.4. The van der Waals surface area contributed by atoms with Gasteiger partial charge in [-0.3, -0.25) is 0 Å². The molecule has 2 nitrogen and oxygen atoms in total. The normalized spacial score (nSPS) is 18.2. The van der Waals surface area contributed by atoms with Crippen molar-refractivity contribution in [2.24, 2.45) is 5.92 Å². The van der Waals surface area contributed by atoms with Crippen molar-refractivity contribution in [1.29, 1.82) is 0 Å². The molecule has 3 aromatic carbocycles. The number of allylic oxidation sites excluding steroid dienone is 1. The molecule has 2 unspecified atom stereocenters. The van der Waals surface area contributed by atoms with E-state index < -0.39 is 11.6 Å². The summed E-state index contributed by atoms with van der Waals surface area (Å²) in [5.41, 5.74) is 2.51. The molecule has 176 valence electrons. The van der Waals surface area contributed by atoms with Gasteiger partial charge in [0, 0.05) is 17.0 Å². The molecule has 0 aromatic heterocycles. The minimum absolute atomic E-state index is 0.116. The van der Waals surface area contributed by atoms with Crippen molar-refractivity contribution in [2.75, 3.05) is 13.2 Å². The van der Waals surface area contributed by atoms with Gasteiger partial charge in [0.05, 0.1) is 12.7 Å². The zero-order chi connectivity index (χ0) is 24.1. The molecule has 34 heavy (non-hydrogen) atoms. The predicted molar refractivity (Wildman–Crippen MR) is 129 cm³/mol. The lowest BCUT2D eigenvalue weighted by atomic mass is 9.93. The molecule has 3 aromatic rings. The fourth-order valence-electron chi connectivity index (χ4n) is 4.12. The molecule has 1 aliphatic rings. The van der Waals surface area contributed by atoms with Crippen LogP contribution in [0.25, 0.3) is 22.3 Å². The van der Waals surface area contributed by atoms with Crippen molar-refractivity contribution in [1.82, 2.24) is 0 Å². The van der Waals surface area contributed by atoms with Crippen LogP contribution in [0.2, 0.25) is 0 Å². The molecule has 4 rings (SSSR count). The zero-order valence-corrected chi connectivity index (χ0v) is 19.1. The summed E-state index contributed by atoms with van der Waals surface area (Å²) in [4.78, 5) is 0. The molecule has 0 aliphatic carbocycles. The lowest BCUT2D eigenvalue weighted by molar-refractivity contribution is -0.00528. The molecule has 0 spiro atoms. The Morgan fingerprint density at radius 1 is 0.941 bits per heavy atom. The Balaban J connectivity index is 1.52. The summed E-state index contributed by atoms with van der Waals surface area (Å²) in [6, 6.07) is 14.7. The van der Waals surface area contributed by atoms with E-state index in [9.17, 15) is 13.2 Å². The van der Waals surface area contributed by atoms with Crippen molar-refractivity contribution < 1.29 is 22.6 Å². The van der Waals surface area contributed by atoms with E-state index in [1.807, 2.05) is 19.1 Å². The lowest BCUT2D eigenvalue weighted by Gasteiger charge is -2.27. The quantitative estimate of drug-likeness (QED) is 0.329. The maximum atomic E-state index is 14.9. The van der Waals surface area contributed by atoms with Crippen LogP contribution in [0.5, 0.6) is 5.75 Å². The minimum Gasteiger partial charge on any atom is -0.486 e. The predicted octanol–water partition coefficient (Wildman–Crippen LogP) is 8.05. The van der Waals surface area contributed by atoms with Crippen molar-refractivity contribution in [3.05, 3.63) is 102 Å². The molecule has 0 N–H and O–H groups in total. The summed E-state index contributed by atoms with van der Waals surface area (Å²) in [6.07, 6.45) is 7.05. The Morgan fingerprint density at radius 3 is 2.26 bits per heavy atom. The van der Waals surface area contributed by atoms with Crippen LogP contribution >= 0.6 is 0 Å².